The van der Waals surface area contributed by atoms with Crippen molar-refractivity contribution in [3.05, 3.63) is 12.3 Å². The van der Waals surface area contributed by atoms with Crippen LogP contribution in [0.2, 0.25) is 19.6 Å². The zero-order valence-electron chi connectivity index (χ0n) is 8.50. The molecule has 0 aromatic heterocycles. The van der Waals surface area contributed by atoms with Gasteiger partial charge in [-0.3, -0.25) is 0 Å². The van der Waals surface area contributed by atoms with Crippen LogP contribution in [0, 0.1) is 0 Å². The van der Waals surface area contributed by atoms with Crippen LogP contribution in [0.5, 0.6) is 0 Å². The molecule has 1 atom stereocenters. The molecule has 0 radical (unpaired) electrons. The Labute approximate surface area is 76.4 Å². The van der Waals surface area contributed by atoms with Gasteiger partial charge >= 0.3 is 0 Å². The highest BCUT2D eigenvalue weighted by Crippen LogP contribution is 2.12. The van der Waals surface area contributed by atoms with E-state index in [2.05, 4.69) is 26.6 Å². The first-order valence-electron chi connectivity index (χ1n) is 4.48. The van der Waals surface area contributed by atoms with Crippen molar-refractivity contribution >= 4 is 8.32 Å². The fourth-order valence-corrected chi connectivity index (χ4v) is 2.13. The average Bonchev–Trinajstić information content (AvgIpc) is 1.84. The van der Waals surface area contributed by atoms with Crippen molar-refractivity contribution in [1.82, 2.24) is 0 Å². The standard InChI is InChI=1S/C9H20O2Si/c1-5-6-9(7-8-10)11-12(2,3)4/h7-10H,5-6H2,1-4H3/b8-7+. The fraction of sp³-hybridized carbons (Fsp3) is 0.778. The minimum absolute atomic E-state index is 0.103. The van der Waals surface area contributed by atoms with E-state index in [0.717, 1.165) is 19.1 Å². The molecule has 0 aliphatic carbocycles. The van der Waals surface area contributed by atoms with E-state index >= 15 is 0 Å². The Balaban J connectivity index is 3.95. The van der Waals surface area contributed by atoms with Crippen molar-refractivity contribution in [2.45, 2.75) is 45.5 Å². The van der Waals surface area contributed by atoms with E-state index in [0.29, 0.717) is 0 Å². The first-order chi connectivity index (χ1) is 5.49. The molecule has 12 heavy (non-hydrogen) atoms. The molecule has 0 saturated heterocycles. The summed E-state index contributed by atoms with van der Waals surface area (Å²) in [5.41, 5.74) is 0. The Bertz CT molecular complexity index is 138. The van der Waals surface area contributed by atoms with E-state index in [4.69, 9.17) is 9.53 Å². The molecule has 3 heteroatoms. The summed E-state index contributed by atoms with van der Waals surface area (Å²) in [6, 6.07) is 0. The van der Waals surface area contributed by atoms with Gasteiger partial charge in [0.1, 0.15) is 0 Å². The van der Waals surface area contributed by atoms with Crippen molar-refractivity contribution in [2.24, 2.45) is 0 Å². The number of hydrogen-bond donors (Lipinski definition) is 1. The summed E-state index contributed by atoms with van der Waals surface area (Å²) in [6.45, 7) is 8.58. The summed E-state index contributed by atoms with van der Waals surface area (Å²) in [5.74, 6) is 0. The fourth-order valence-electron chi connectivity index (χ4n) is 1.03. The SMILES string of the molecule is CCCC(/C=C/O)O[Si](C)(C)C. The topological polar surface area (TPSA) is 29.5 Å². The Morgan fingerprint density at radius 2 is 2.00 bits per heavy atom. The van der Waals surface area contributed by atoms with Crippen LogP contribution in [0.15, 0.2) is 12.3 Å². The highest BCUT2D eigenvalue weighted by atomic mass is 28.4. The van der Waals surface area contributed by atoms with Crippen molar-refractivity contribution in [1.29, 1.82) is 0 Å². The van der Waals surface area contributed by atoms with Crippen LogP contribution in [-0.4, -0.2) is 19.5 Å². The maximum Gasteiger partial charge on any atom is 0.184 e. The second kappa shape index (κ2) is 5.38. The Morgan fingerprint density at radius 1 is 1.42 bits per heavy atom. The van der Waals surface area contributed by atoms with Crippen LogP contribution >= 0.6 is 0 Å². The molecule has 1 N–H and O–H groups in total. The van der Waals surface area contributed by atoms with Gasteiger partial charge in [0.2, 0.25) is 0 Å². The van der Waals surface area contributed by atoms with Gasteiger partial charge in [-0.05, 0) is 32.1 Å². The summed E-state index contributed by atoms with van der Waals surface area (Å²) in [6.07, 6.45) is 4.98. The van der Waals surface area contributed by atoms with E-state index in [1.807, 2.05) is 0 Å². The van der Waals surface area contributed by atoms with Gasteiger partial charge in [0, 0.05) is 0 Å². The van der Waals surface area contributed by atoms with E-state index in [1.54, 1.807) is 6.08 Å². The van der Waals surface area contributed by atoms with E-state index in [-0.39, 0.29) is 6.10 Å². The van der Waals surface area contributed by atoms with E-state index in [9.17, 15) is 0 Å². The van der Waals surface area contributed by atoms with Crippen molar-refractivity contribution in [2.75, 3.05) is 0 Å². The minimum Gasteiger partial charge on any atom is -0.516 e. The highest BCUT2D eigenvalue weighted by molar-refractivity contribution is 6.69. The average molecular weight is 188 g/mol. The molecule has 72 valence electrons. The molecule has 0 aromatic carbocycles. The third-order valence-electron chi connectivity index (χ3n) is 1.38. The van der Waals surface area contributed by atoms with E-state index < -0.39 is 8.32 Å². The third kappa shape index (κ3) is 6.43. The van der Waals surface area contributed by atoms with Crippen LogP contribution in [-0.2, 0) is 4.43 Å². The van der Waals surface area contributed by atoms with Gasteiger partial charge in [0.15, 0.2) is 8.32 Å². The number of hydrogen-bond acceptors (Lipinski definition) is 2. The van der Waals surface area contributed by atoms with Gasteiger partial charge in [0.05, 0.1) is 12.4 Å². The second-order valence-corrected chi connectivity index (χ2v) is 8.36. The molecule has 0 fully saturated rings. The van der Waals surface area contributed by atoms with Crippen LogP contribution < -0.4 is 0 Å². The number of rotatable bonds is 5. The smallest absolute Gasteiger partial charge is 0.184 e. The number of aliphatic hydroxyl groups is 1. The molecule has 0 aliphatic rings. The molecular weight excluding hydrogens is 168 g/mol. The quantitative estimate of drug-likeness (QED) is 0.531. The van der Waals surface area contributed by atoms with Gasteiger partial charge in [0.25, 0.3) is 0 Å². The largest absolute Gasteiger partial charge is 0.516 e. The molecule has 0 spiro atoms. The summed E-state index contributed by atoms with van der Waals surface area (Å²) in [5, 5.41) is 8.62. The Morgan fingerprint density at radius 3 is 2.33 bits per heavy atom. The van der Waals surface area contributed by atoms with Gasteiger partial charge in [-0.2, -0.15) is 0 Å². The van der Waals surface area contributed by atoms with E-state index in [1.165, 1.54) is 0 Å². The van der Waals surface area contributed by atoms with Crippen LogP contribution in [0.25, 0.3) is 0 Å². The monoisotopic (exact) mass is 188 g/mol. The van der Waals surface area contributed by atoms with Crippen LogP contribution in [0.1, 0.15) is 19.8 Å². The van der Waals surface area contributed by atoms with Crippen molar-refractivity contribution < 1.29 is 9.53 Å². The van der Waals surface area contributed by atoms with Crippen LogP contribution in [0.4, 0.5) is 0 Å². The maximum atomic E-state index is 8.62. The lowest BCUT2D eigenvalue weighted by atomic mass is 10.2. The molecule has 0 rings (SSSR count). The molecule has 0 amide bonds. The maximum absolute atomic E-state index is 8.62. The zero-order valence-corrected chi connectivity index (χ0v) is 9.50. The normalized spacial score (nSPS) is 15.3. The van der Waals surface area contributed by atoms with Gasteiger partial charge < -0.3 is 9.53 Å². The van der Waals surface area contributed by atoms with Gasteiger partial charge in [-0.15, -0.1) is 0 Å². The molecule has 0 bridgehead atoms. The lowest BCUT2D eigenvalue weighted by molar-refractivity contribution is 0.227. The Kier molecular flexibility index (Phi) is 5.25. The van der Waals surface area contributed by atoms with Gasteiger partial charge in [-0.1, -0.05) is 13.3 Å². The zero-order chi connectivity index (χ0) is 9.61. The molecule has 0 aromatic rings. The van der Waals surface area contributed by atoms with Crippen LogP contribution in [0.3, 0.4) is 0 Å². The first-order valence-corrected chi connectivity index (χ1v) is 7.89. The first kappa shape index (κ1) is 11.7. The summed E-state index contributed by atoms with van der Waals surface area (Å²) in [7, 11) is -1.46. The molecule has 1 unspecified atom stereocenters. The molecule has 0 aliphatic heterocycles. The molecule has 0 heterocycles. The molecular formula is C9H20O2Si. The number of aliphatic hydroxyl groups excluding tert-OH is 1. The lowest BCUT2D eigenvalue weighted by Crippen LogP contribution is -2.30. The van der Waals surface area contributed by atoms with Gasteiger partial charge in [-0.25, -0.2) is 0 Å². The Hall–Kier alpha value is -0.283. The van der Waals surface area contributed by atoms with Crippen molar-refractivity contribution in [3.8, 4) is 0 Å². The predicted octanol–water partition coefficient (Wildman–Crippen LogP) is 3.08. The molecule has 0 saturated carbocycles. The molecule has 2 nitrogen and oxygen atoms in total. The predicted molar refractivity (Wildman–Crippen MR) is 54.9 cm³/mol. The van der Waals surface area contributed by atoms with Crippen molar-refractivity contribution in [3.63, 3.8) is 0 Å². The summed E-state index contributed by atoms with van der Waals surface area (Å²) in [4.78, 5) is 0. The minimum atomic E-state index is -1.46. The summed E-state index contributed by atoms with van der Waals surface area (Å²) < 4.78 is 5.81. The summed E-state index contributed by atoms with van der Waals surface area (Å²) >= 11 is 0. The third-order valence-corrected chi connectivity index (χ3v) is 2.39. The lowest BCUT2D eigenvalue weighted by Gasteiger charge is -2.23. The second-order valence-electron chi connectivity index (χ2n) is 3.90. The highest BCUT2D eigenvalue weighted by Gasteiger charge is 2.18.